The van der Waals surface area contributed by atoms with Gasteiger partial charge in [0.05, 0.1) is 18.3 Å². The Balaban J connectivity index is 4.25. The Morgan fingerprint density at radius 1 is 1.36 bits per heavy atom. The number of carboxylic acid groups (broad SMARTS) is 1. The normalized spacial score (nSPS) is 15.4. The molecule has 0 amide bonds. The molecule has 0 aromatic heterocycles. The van der Waals surface area contributed by atoms with Crippen molar-refractivity contribution in [2.75, 3.05) is 6.61 Å². The molecule has 0 spiro atoms. The quantitative estimate of drug-likeness (QED) is 0.464. The zero-order valence-corrected chi connectivity index (χ0v) is 8.40. The summed E-state index contributed by atoms with van der Waals surface area (Å²) in [4.78, 5) is 10.6. The lowest BCUT2D eigenvalue weighted by Gasteiger charge is -2.05. The van der Waals surface area contributed by atoms with E-state index in [1.54, 1.807) is 19.9 Å². The SMILES string of the molecule is CC(=CCC(O)=CCO)C(C)C(=O)O. The first-order valence-electron chi connectivity index (χ1n) is 4.37. The van der Waals surface area contributed by atoms with E-state index in [0.717, 1.165) is 0 Å². The van der Waals surface area contributed by atoms with Crippen molar-refractivity contribution < 1.29 is 20.1 Å². The zero-order valence-electron chi connectivity index (χ0n) is 8.40. The summed E-state index contributed by atoms with van der Waals surface area (Å²) < 4.78 is 0. The Labute approximate surface area is 83.2 Å². The van der Waals surface area contributed by atoms with Gasteiger partial charge >= 0.3 is 5.97 Å². The average Bonchev–Trinajstić information content (AvgIpc) is 2.13. The summed E-state index contributed by atoms with van der Waals surface area (Å²) in [5.41, 5.74) is 0.690. The molecule has 0 saturated heterocycles. The Kier molecular flexibility index (Phi) is 5.64. The van der Waals surface area contributed by atoms with Crippen LogP contribution >= 0.6 is 0 Å². The molecule has 4 nitrogen and oxygen atoms in total. The molecule has 0 aromatic rings. The molecule has 1 atom stereocenters. The number of carboxylic acids is 1. The van der Waals surface area contributed by atoms with Crippen LogP contribution in [0.4, 0.5) is 0 Å². The molecule has 0 rings (SSSR count). The average molecular weight is 200 g/mol. The van der Waals surface area contributed by atoms with Gasteiger partial charge in [-0.2, -0.15) is 0 Å². The van der Waals surface area contributed by atoms with Gasteiger partial charge in [-0.1, -0.05) is 11.6 Å². The first-order valence-corrected chi connectivity index (χ1v) is 4.37. The summed E-state index contributed by atoms with van der Waals surface area (Å²) in [5.74, 6) is -1.38. The van der Waals surface area contributed by atoms with Crippen molar-refractivity contribution in [1.82, 2.24) is 0 Å². The molecule has 4 heteroatoms. The van der Waals surface area contributed by atoms with Gasteiger partial charge in [0.2, 0.25) is 0 Å². The maximum atomic E-state index is 10.6. The number of aliphatic carboxylic acids is 1. The fraction of sp³-hybridized carbons (Fsp3) is 0.500. The molecule has 0 aliphatic carbocycles. The van der Waals surface area contributed by atoms with Crippen LogP contribution in [0.15, 0.2) is 23.5 Å². The van der Waals surface area contributed by atoms with E-state index in [0.29, 0.717) is 5.57 Å². The summed E-state index contributed by atoms with van der Waals surface area (Å²) >= 11 is 0. The van der Waals surface area contributed by atoms with Crippen molar-refractivity contribution in [3.05, 3.63) is 23.5 Å². The Morgan fingerprint density at radius 2 is 1.93 bits per heavy atom. The highest BCUT2D eigenvalue weighted by atomic mass is 16.4. The standard InChI is InChI=1S/C10H16O4/c1-7(8(2)10(13)14)3-4-9(12)5-6-11/h3,5,8,11-12H,4,6H2,1-2H3,(H,13,14). The molecule has 80 valence electrons. The van der Waals surface area contributed by atoms with E-state index in [9.17, 15) is 4.79 Å². The monoisotopic (exact) mass is 200 g/mol. The third-order valence-electron chi connectivity index (χ3n) is 2.01. The maximum absolute atomic E-state index is 10.6. The lowest BCUT2D eigenvalue weighted by molar-refractivity contribution is -0.139. The third kappa shape index (κ3) is 4.67. The van der Waals surface area contributed by atoms with Crippen LogP contribution in [0.3, 0.4) is 0 Å². The van der Waals surface area contributed by atoms with Crippen molar-refractivity contribution in [1.29, 1.82) is 0 Å². The van der Waals surface area contributed by atoms with E-state index < -0.39 is 11.9 Å². The maximum Gasteiger partial charge on any atom is 0.310 e. The largest absolute Gasteiger partial charge is 0.512 e. The van der Waals surface area contributed by atoms with Gasteiger partial charge in [-0.25, -0.2) is 0 Å². The minimum Gasteiger partial charge on any atom is -0.512 e. The molecule has 0 saturated carbocycles. The van der Waals surface area contributed by atoms with E-state index in [2.05, 4.69) is 0 Å². The molecule has 0 aliphatic heterocycles. The van der Waals surface area contributed by atoms with Crippen molar-refractivity contribution in [3.8, 4) is 0 Å². The van der Waals surface area contributed by atoms with Crippen LogP contribution in [0.2, 0.25) is 0 Å². The second-order valence-corrected chi connectivity index (χ2v) is 3.09. The van der Waals surface area contributed by atoms with Crippen LogP contribution in [0.25, 0.3) is 0 Å². The molecular formula is C10H16O4. The minimum absolute atomic E-state index is 0.0458. The lowest BCUT2D eigenvalue weighted by Crippen LogP contribution is -2.10. The molecule has 0 aromatic carbocycles. The minimum atomic E-state index is -0.885. The van der Waals surface area contributed by atoms with Gasteiger partial charge in [0.15, 0.2) is 0 Å². The third-order valence-corrected chi connectivity index (χ3v) is 2.01. The Bertz CT molecular complexity index is 253. The van der Waals surface area contributed by atoms with Gasteiger partial charge in [0.25, 0.3) is 0 Å². The summed E-state index contributed by atoms with van der Waals surface area (Å²) in [6.45, 7) is 3.07. The molecular weight excluding hydrogens is 184 g/mol. The molecule has 14 heavy (non-hydrogen) atoms. The zero-order chi connectivity index (χ0) is 11.1. The highest BCUT2D eigenvalue weighted by Gasteiger charge is 2.11. The number of hydrogen-bond acceptors (Lipinski definition) is 3. The van der Waals surface area contributed by atoms with Crippen LogP contribution < -0.4 is 0 Å². The summed E-state index contributed by atoms with van der Waals surface area (Å²) in [6.07, 6.45) is 3.17. The lowest BCUT2D eigenvalue weighted by atomic mass is 10.0. The molecule has 0 fully saturated rings. The van der Waals surface area contributed by atoms with Crippen LogP contribution in [0.1, 0.15) is 20.3 Å². The van der Waals surface area contributed by atoms with E-state index in [4.69, 9.17) is 15.3 Å². The van der Waals surface area contributed by atoms with Crippen LogP contribution in [-0.2, 0) is 4.79 Å². The van der Waals surface area contributed by atoms with Gasteiger partial charge < -0.3 is 15.3 Å². The first kappa shape index (κ1) is 12.7. The van der Waals surface area contributed by atoms with Crippen LogP contribution in [-0.4, -0.2) is 27.9 Å². The second kappa shape index (κ2) is 6.21. The number of aliphatic hydroxyl groups is 2. The van der Waals surface area contributed by atoms with E-state index in [-0.39, 0.29) is 18.8 Å². The van der Waals surface area contributed by atoms with Crippen molar-refractivity contribution in [2.24, 2.45) is 5.92 Å². The second-order valence-electron chi connectivity index (χ2n) is 3.09. The first-order chi connectivity index (χ1) is 6.49. The van der Waals surface area contributed by atoms with Gasteiger partial charge in [-0.05, 0) is 19.9 Å². The fourth-order valence-electron chi connectivity index (χ4n) is 0.826. The van der Waals surface area contributed by atoms with Crippen molar-refractivity contribution in [3.63, 3.8) is 0 Å². The molecule has 0 heterocycles. The number of hydrogen-bond donors (Lipinski definition) is 3. The van der Waals surface area contributed by atoms with Crippen molar-refractivity contribution in [2.45, 2.75) is 20.3 Å². The topological polar surface area (TPSA) is 77.8 Å². The van der Waals surface area contributed by atoms with E-state index >= 15 is 0 Å². The molecule has 0 bridgehead atoms. The predicted molar refractivity (Wildman–Crippen MR) is 53.0 cm³/mol. The number of rotatable bonds is 5. The number of allylic oxidation sites excluding steroid dienone is 1. The smallest absolute Gasteiger partial charge is 0.310 e. The van der Waals surface area contributed by atoms with Crippen molar-refractivity contribution >= 4 is 5.97 Å². The van der Waals surface area contributed by atoms with E-state index in [1.165, 1.54) is 6.08 Å². The van der Waals surface area contributed by atoms with E-state index in [1.807, 2.05) is 0 Å². The fourth-order valence-corrected chi connectivity index (χ4v) is 0.826. The molecule has 1 unspecified atom stereocenters. The van der Waals surface area contributed by atoms with Crippen LogP contribution in [0.5, 0.6) is 0 Å². The number of carbonyl (C=O) groups is 1. The molecule has 0 aliphatic rings. The number of aliphatic hydroxyl groups excluding tert-OH is 2. The molecule has 3 N–H and O–H groups in total. The highest BCUT2D eigenvalue weighted by Crippen LogP contribution is 2.12. The van der Waals surface area contributed by atoms with Gasteiger partial charge in [-0.3, -0.25) is 4.79 Å². The van der Waals surface area contributed by atoms with Crippen LogP contribution in [0, 0.1) is 5.92 Å². The summed E-state index contributed by atoms with van der Waals surface area (Å²) in [5, 5.41) is 26.2. The predicted octanol–water partition coefficient (Wildman–Crippen LogP) is 1.48. The Morgan fingerprint density at radius 3 is 2.36 bits per heavy atom. The highest BCUT2D eigenvalue weighted by molar-refractivity contribution is 5.72. The molecule has 0 radical (unpaired) electrons. The summed E-state index contributed by atoms with van der Waals surface area (Å²) in [7, 11) is 0. The van der Waals surface area contributed by atoms with Gasteiger partial charge in [-0.15, -0.1) is 0 Å². The Hall–Kier alpha value is -1.29. The van der Waals surface area contributed by atoms with Gasteiger partial charge in [0.1, 0.15) is 0 Å². The summed E-state index contributed by atoms with van der Waals surface area (Å²) in [6, 6.07) is 0. The van der Waals surface area contributed by atoms with Gasteiger partial charge in [0, 0.05) is 6.42 Å².